The second-order valence-corrected chi connectivity index (χ2v) is 8.00. The van der Waals surface area contributed by atoms with Crippen molar-refractivity contribution in [2.75, 3.05) is 39.8 Å². The summed E-state index contributed by atoms with van der Waals surface area (Å²) in [5.41, 5.74) is 6.48. The smallest absolute Gasteiger partial charge is 0.314 e. The number of primary amides is 1. The zero-order chi connectivity index (χ0) is 20.1. The van der Waals surface area contributed by atoms with E-state index in [1.165, 1.54) is 17.5 Å². The first-order chi connectivity index (χ1) is 13.4. The predicted octanol–water partition coefficient (Wildman–Crippen LogP) is 0.866. The summed E-state index contributed by atoms with van der Waals surface area (Å²) in [4.78, 5) is 44.9. The van der Waals surface area contributed by atoms with Crippen LogP contribution in [0.15, 0.2) is 24.5 Å². The molecule has 0 aliphatic carbocycles. The molecular formula is C20H29N5O3. The molecule has 0 aromatic carbocycles. The van der Waals surface area contributed by atoms with Gasteiger partial charge in [-0.2, -0.15) is 0 Å². The van der Waals surface area contributed by atoms with E-state index < -0.39 is 6.03 Å². The average Bonchev–Trinajstić information content (AvgIpc) is 2.70. The van der Waals surface area contributed by atoms with Crippen LogP contribution in [0.5, 0.6) is 0 Å². The second-order valence-electron chi connectivity index (χ2n) is 8.00. The molecule has 8 heteroatoms. The number of likely N-dealkylation sites (tertiary alicyclic amines) is 2. The van der Waals surface area contributed by atoms with E-state index >= 15 is 0 Å². The Hall–Kier alpha value is -2.64. The minimum Gasteiger partial charge on any atom is -0.351 e. The van der Waals surface area contributed by atoms with Crippen LogP contribution in [-0.4, -0.2) is 77.3 Å². The first kappa shape index (κ1) is 20.1. The summed E-state index contributed by atoms with van der Waals surface area (Å²) in [5, 5.41) is 0. The molecule has 28 heavy (non-hydrogen) atoms. The van der Waals surface area contributed by atoms with E-state index in [2.05, 4.69) is 4.98 Å². The lowest BCUT2D eigenvalue weighted by Crippen LogP contribution is -2.53. The number of likely N-dealkylation sites (N-methyl/N-ethyl adjacent to an activating group) is 1. The zero-order valence-corrected chi connectivity index (χ0v) is 16.5. The molecule has 8 nitrogen and oxygen atoms in total. The fraction of sp³-hybridized carbons (Fsp3) is 0.600. The predicted molar refractivity (Wildman–Crippen MR) is 104 cm³/mol. The van der Waals surface area contributed by atoms with E-state index in [0.29, 0.717) is 19.5 Å². The number of urea groups is 1. The largest absolute Gasteiger partial charge is 0.351 e. The molecule has 2 N–H and O–H groups in total. The molecule has 2 aliphatic rings. The Morgan fingerprint density at radius 1 is 1.21 bits per heavy atom. The summed E-state index contributed by atoms with van der Waals surface area (Å²) in [6.45, 7) is 2.82. The molecular weight excluding hydrogens is 358 g/mol. The molecule has 0 radical (unpaired) electrons. The number of rotatable bonds is 5. The Labute approximate surface area is 165 Å². The lowest BCUT2D eigenvalue weighted by Gasteiger charge is -2.47. The summed E-state index contributed by atoms with van der Waals surface area (Å²) in [6.07, 6.45) is 7.62. The maximum absolute atomic E-state index is 12.4. The topological polar surface area (TPSA) is 99.8 Å². The van der Waals surface area contributed by atoms with Gasteiger partial charge in [-0.05, 0) is 48.8 Å². The molecule has 3 heterocycles. The van der Waals surface area contributed by atoms with E-state index in [0.717, 1.165) is 38.8 Å². The van der Waals surface area contributed by atoms with Gasteiger partial charge >= 0.3 is 6.03 Å². The quantitative estimate of drug-likeness (QED) is 0.810. The third-order valence-electron chi connectivity index (χ3n) is 6.09. The Morgan fingerprint density at radius 3 is 2.54 bits per heavy atom. The van der Waals surface area contributed by atoms with Crippen molar-refractivity contribution in [1.82, 2.24) is 19.7 Å². The van der Waals surface area contributed by atoms with Gasteiger partial charge in [-0.3, -0.25) is 14.6 Å². The zero-order valence-electron chi connectivity index (χ0n) is 16.5. The first-order valence-electron chi connectivity index (χ1n) is 9.84. The first-order valence-corrected chi connectivity index (χ1v) is 9.84. The molecule has 152 valence electrons. The Bertz CT molecular complexity index is 716. The fourth-order valence-corrected chi connectivity index (χ4v) is 4.14. The van der Waals surface area contributed by atoms with Crippen LogP contribution < -0.4 is 5.73 Å². The third-order valence-corrected chi connectivity index (χ3v) is 6.09. The van der Waals surface area contributed by atoms with Crippen LogP contribution >= 0.6 is 0 Å². The number of hydrogen-bond donors (Lipinski definition) is 1. The van der Waals surface area contributed by atoms with Gasteiger partial charge in [-0.15, -0.1) is 0 Å². The van der Waals surface area contributed by atoms with Gasteiger partial charge in [0, 0.05) is 52.0 Å². The van der Waals surface area contributed by atoms with Crippen LogP contribution in [0.3, 0.4) is 0 Å². The monoisotopic (exact) mass is 387 g/mol. The number of nitrogens with zero attached hydrogens (tertiary/aromatic N) is 4. The van der Waals surface area contributed by atoms with Gasteiger partial charge in [0.1, 0.15) is 6.54 Å². The van der Waals surface area contributed by atoms with Crippen LogP contribution in [0.1, 0.15) is 31.2 Å². The van der Waals surface area contributed by atoms with Gasteiger partial charge in [0.2, 0.25) is 11.8 Å². The van der Waals surface area contributed by atoms with Crippen LogP contribution in [0, 0.1) is 5.41 Å². The van der Waals surface area contributed by atoms with Crippen molar-refractivity contribution >= 4 is 17.8 Å². The SMILES string of the molecule is CN(CC(=O)N1CCC2(CCC(=O)N(CCc3ccncc3)C2)CC1)C(N)=O. The highest BCUT2D eigenvalue weighted by atomic mass is 16.2. The van der Waals surface area contributed by atoms with Crippen molar-refractivity contribution < 1.29 is 14.4 Å². The summed E-state index contributed by atoms with van der Waals surface area (Å²) in [6, 6.07) is 3.37. The maximum Gasteiger partial charge on any atom is 0.314 e. The molecule has 4 amide bonds. The standard InChI is InChI=1S/C20H29N5O3/c1-23(19(21)28)14-18(27)24-12-7-20(8-13-24)6-2-17(26)25(15-20)11-5-16-3-9-22-10-4-16/h3-4,9-10H,2,5-8,11-15H2,1H3,(H2,21,28). The van der Waals surface area contributed by atoms with Gasteiger partial charge in [0.15, 0.2) is 0 Å². The lowest BCUT2D eigenvalue weighted by atomic mass is 9.72. The molecule has 2 fully saturated rings. The number of pyridine rings is 1. The minimum atomic E-state index is -0.600. The number of nitrogens with two attached hydrogens (primary N) is 1. The molecule has 0 atom stereocenters. The van der Waals surface area contributed by atoms with Crippen LogP contribution in [0.25, 0.3) is 0 Å². The second kappa shape index (κ2) is 8.58. The van der Waals surface area contributed by atoms with E-state index in [4.69, 9.17) is 5.73 Å². The van der Waals surface area contributed by atoms with Gasteiger partial charge < -0.3 is 20.4 Å². The number of piperidine rings is 2. The van der Waals surface area contributed by atoms with Gasteiger partial charge in [-0.25, -0.2) is 4.79 Å². The molecule has 1 spiro atoms. The molecule has 0 unspecified atom stereocenters. The van der Waals surface area contributed by atoms with Gasteiger partial charge in [-0.1, -0.05) is 0 Å². The summed E-state index contributed by atoms with van der Waals surface area (Å²) in [5.74, 6) is 0.152. The number of amides is 4. The van der Waals surface area contributed by atoms with Crippen LogP contribution in [-0.2, 0) is 16.0 Å². The molecule has 3 rings (SSSR count). The van der Waals surface area contributed by atoms with E-state index in [-0.39, 0.29) is 23.8 Å². The number of carbonyl (C=O) groups is 3. The molecule has 0 saturated carbocycles. The van der Waals surface area contributed by atoms with Crippen molar-refractivity contribution in [1.29, 1.82) is 0 Å². The van der Waals surface area contributed by atoms with Crippen molar-refractivity contribution in [2.45, 2.75) is 32.1 Å². The molecule has 1 aromatic rings. The van der Waals surface area contributed by atoms with E-state index in [9.17, 15) is 14.4 Å². The summed E-state index contributed by atoms with van der Waals surface area (Å²) < 4.78 is 0. The van der Waals surface area contributed by atoms with E-state index in [1.54, 1.807) is 12.4 Å². The Kier molecular flexibility index (Phi) is 6.16. The average molecular weight is 387 g/mol. The molecule has 1 aromatic heterocycles. The highest BCUT2D eigenvalue weighted by Gasteiger charge is 2.41. The molecule has 2 saturated heterocycles. The van der Waals surface area contributed by atoms with Crippen LogP contribution in [0.4, 0.5) is 4.79 Å². The van der Waals surface area contributed by atoms with Crippen LogP contribution in [0.2, 0.25) is 0 Å². The third kappa shape index (κ3) is 4.79. The Balaban J connectivity index is 1.53. The summed E-state index contributed by atoms with van der Waals surface area (Å²) in [7, 11) is 1.53. The van der Waals surface area contributed by atoms with Crippen molar-refractivity contribution in [2.24, 2.45) is 11.1 Å². The van der Waals surface area contributed by atoms with Crippen molar-refractivity contribution in [3.05, 3.63) is 30.1 Å². The highest BCUT2D eigenvalue weighted by Crippen LogP contribution is 2.40. The van der Waals surface area contributed by atoms with Gasteiger partial charge in [0.25, 0.3) is 0 Å². The fourth-order valence-electron chi connectivity index (χ4n) is 4.14. The minimum absolute atomic E-state index is 0.0128. The van der Waals surface area contributed by atoms with Crippen molar-refractivity contribution in [3.63, 3.8) is 0 Å². The molecule has 0 bridgehead atoms. The maximum atomic E-state index is 12.4. The highest BCUT2D eigenvalue weighted by molar-refractivity contribution is 5.83. The normalized spacial score (nSPS) is 19.0. The van der Waals surface area contributed by atoms with Crippen molar-refractivity contribution in [3.8, 4) is 0 Å². The lowest BCUT2D eigenvalue weighted by molar-refractivity contribution is -0.142. The number of hydrogen-bond acceptors (Lipinski definition) is 4. The Morgan fingerprint density at radius 2 is 1.89 bits per heavy atom. The number of aromatic nitrogens is 1. The summed E-state index contributed by atoms with van der Waals surface area (Å²) >= 11 is 0. The molecule has 2 aliphatic heterocycles. The van der Waals surface area contributed by atoms with Gasteiger partial charge in [0.05, 0.1) is 0 Å². The number of carbonyl (C=O) groups excluding carboxylic acids is 3. The van der Waals surface area contributed by atoms with E-state index in [1.807, 2.05) is 21.9 Å².